The van der Waals surface area contributed by atoms with Gasteiger partial charge in [0.05, 0.1) is 0 Å². The van der Waals surface area contributed by atoms with Crippen LogP contribution in [-0.2, 0) is 13.3 Å². The van der Waals surface area contributed by atoms with Gasteiger partial charge in [-0.05, 0) is 12.0 Å². The van der Waals surface area contributed by atoms with Crippen molar-refractivity contribution in [3.8, 4) is 0 Å². The maximum Gasteiger partial charge on any atom is 0.536 e. The zero-order valence-corrected chi connectivity index (χ0v) is 11.9. The molecule has 0 heterocycles. The normalized spacial score (nSPS) is 12.2. The number of benzene rings is 1. The molecule has 0 aliphatic carbocycles. The summed E-state index contributed by atoms with van der Waals surface area (Å²) in [6, 6.07) is 8.08. The Morgan fingerprint density at radius 1 is 1.00 bits per heavy atom. The molecule has 0 fully saturated rings. The second kappa shape index (κ2) is 6.71. The van der Waals surface area contributed by atoms with Crippen LogP contribution in [0.1, 0.15) is 18.9 Å². The Kier molecular flexibility index (Phi) is 5.57. The summed E-state index contributed by atoms with van der Waals surface area (Å²) in [5, 5.41) is 0.971. The first-order valence-electron chi connectivity index (χ1n) is 5.65. The molecule has 0 unspecified atom stereocenters. The number of hydrogen-bond donors (Lipinski definition) is 0. The Hall–Kier alpha value is -0.943. The zero-order valence-electron chi connectivity index (χ0n) is 10.9. The zero-order chi connectivity index (χ0) is 12.7. The van der Waals surface area contributed by atoms with Crippen molar-refractivity contribution in [1.82, 2.24) is 0 Å². The number of allylic oxidation sites excluding steroid dienone is 1. The molecule has 0 spiro atoms. The van der Waals surface area contributed by atoms with Gasteiger partial charge >= 0.3 is 8.80 Å². The average Bonchev–Trinajstić information content (AvgIpc) is 2.40. The van der Waals surface area contributed by atoms with Crippen molar-refractivity contribution in [2.24, 2.45) is 0 Å². The van der Waals surface area contributed by atoms with Gasteiger partial charge in [-0.25, -0.2) is 0 Å². The highest BCUT2D eigenvalue weighted by Crippen LogP contribution is 2.09. The predicted molar refractivity (Wildman–Crippen MR) is 72.2 cm³/mol. The van der Waals surface area contributed by atoms with Crippen LogP contribution in [0.4, 0.5) is 0 Å². The van der Waals surface area contributed by atoms with Crippen LogP contribution in [0.5, 0.6) is 0 Å². The summed E-state index contributed by atoms with van der Waals surface area (Å²) in [6.07, 6.45) is 5.26. The van der Waals surface area contributed by atoms with E-state index in [9.17, 15) is 0 Å². The molecule has 0 aromatic heterocycles. The van der Waals surface area contributed by atoms with Crippen LogP contribution in [0.15, 0.2) is 30.3 Å². The second-order valence-corrected chi connectivity index (χ2v) is 6.52. The molecule has 1 aromatic carbocycles. The minimum absolute atomic E-state index is 0.971. The maximum absolute atomic E-state index is 5.42. The molecular formula is C13H20O3Si. The molecule has 0 saturated carbocycles. The summed E-state index contributed by atoms with van der Waals surface area (Å²) in [5.41, 5.74) is 1.17. The quantitative estimate of drug-likeness (QED) is 0.726. The summed E-state index contributed by atoms with van der Waals surface area (Å²) >= 11 is 0. The van der Waals surface area contributed by atoms with Gasteiger partial charge in [-0.2, -0.15) is 0 Å². The third-order valence-corrected chi connectivity index (χ3v) is 5.27. The van der Waals surface area contributed by atoms with Gasteiger partial charge in [-0.1, -0.05) is 43.3 Å². The summed E-state index contributed by atoms with van der Waals surface area (Å²) < 4.78 is 16.3. The molecule has 3 nitrogen and oxygen atoms in total. The summed E-state index contributed by atoms with van der Waals surface area (Å²) in [4.78, 5) is 0. The molecule has 0 N–H and O–H groups in total. The van der Waals surface area contributed by atoms with E-state index in [1.54, 1.807) is 21.3 Å². The molecule has 0 aliphatic heterocycles. The Bertz CT molecular complexity index is 347. The Balaban J connectivity index is 2.96. The van der Waals surface area contributed by atoms with Crippen LogP contribution in [-0.4, -0.2) is 30.1 Å². The highest BCUT2D eigenvalue weighted by molar-refractivity contribution is 6.75. The van der Waals surface area contributed by atoms with Gasteiger partial charge in [0, 0.05) is 26.5 Å². The smallest absolute Gasteiger partial charge is 0.373 e. The minimum atomic E-state index is -2.67. The lowest BCUT2D eigenvalue weighted by Crippen LogP contribution is -2.54. The van der Waals surface area contributed by atoms with Crippen LogP contribution >= 0.6 is 0 Å². The highest BCUT2D eigenvalue weighted by atomic mass is 28.4. The van der Waals surface area contributed by atoms with E-state index < -0.39 is 8.80 Å². The fourth-order valence-electron chi connectivity index (χ4n) is 1.66. The molecule has 4 heteroatoms. The van der Waals surface area contributed by atoms with Gasteiger partial charge in [0.15, 0.2) is 0 Å². The number of hydrogen-bond acceptors (Lipinski definition) is 3. The molecule has 0 atom stereocenters. The molecule has 0 amide bonds. The maximum atomic E-state index is 5.42. The van der Waals surface area contributed by atoms with Crippen LogP contribution < -0.4 is 5.19 Å². The fourth-order valence-corrected chi connectivity index (χ4v) is 3.44. The van der Waals surface area contributed by atoms with Gasteiger partial charge in [0.1, 0.15) is 0 Å². The summed E-state index contributed by atoms with van der Waals surface area (Å²) in [7, 11) is 2.17. The molecule has 17 heavy (non-hydrogen) atoms. The van der Waals surface area contributed by atoms with E-state index in [4.69, 9.17) is 13.3 Å². The lowest BCUT2D eigenvalue weighted by Gasteiger charge is -2.24. The first-order chi connectivity index (χ1) is 8.22. The van der Waals surface area contributed by atoms with Crippen molar-refractivity contribution in [2.75, 3.05) is 21.3 Å². The van der Waals surface area contributed by atoms with Crippen molar-refractivity contribution in [3.63, 3.8) is 0 Å². The first kappa shape index (κ1) is 14.1. The standard InChI is InChI=1S/C13H20O3Si/c1-5-6-7-12-8-10-13(11-9-12)17(14-2,15-3)16-4/h6-11H,5H2,1-4H3. The van der Waals surface area contributed by atoms with Crippen molar-refractivity contribution in [2.45, 2.75) is 13.3 Å². The van der Waals surface area contributed by atoms with E-state index in [2.05, 4.69) is 19.1 Å². The van der Waals surface area contributed by atoms with Crippen LogP contribution in [0.3, 0.4) is 0 Å². The van der Waals surface area contributed by atoms with E-state index in [0.29, 0.717) is 0 Å². The number of rotatable bonds is 6. The van der Waals surface area contributed by atoms with E-state index in [1.807, 2.05) is 24.3 Å². The third kappa shape index (κ3) is 3.26. The molecule has 0 saturated heterocycles. The van der Waals surface area contributed by atoms with Crippen molar-refractivity contribution in [3.05, 3.63) is 35.9 Å². The summed E-state index contributed by atoms with van der Waals surface area (Å²) in [6.45, 7) is 2.11. The van der Waals surface area contributed by atoms with E-state index >= 15 is 0 Å². The van der Waals surface area contributed by atoms with Crippen molar-refractivity contribution >= 4 is 20.1 Å². The van der Waals surface area contributed by atoms with E-state index in [0.717, 1.165) is 11.6 Å². The van der Waals surface area contributed by atoms with Crippen LogP contribution in [0, 0.1) is 0 Å². The van der Waals surface area contributed by atoms with Gasteiger partial charge in [0.25, 0.3) is 0 Å². The molecule has 94 valence electrons. The predicted octanol–water partition coefficient (Wildman–Crippen LogP) is 2.19. The molecular weight excluding hydrogens is 232 g/mol. The molecule has 0 bridgehead atoms. The Labute approximate surface area is 104 Å². The lowest BCUT2D eigenvalue weighted by molar-refractivity contribution is 0.140. The molecule has 0 radical (unpaired) electrons. The fraction of sp³-hybridized carbons (Fsp3) is 0.385. The Morgan fingerprint density at radius 2 is 1.53 bits per heavy atom. The first-order valence-corrected chi connectivity index (χ1v) is 7.37. The Morgan fingerprint density at radius 3 is 1.94 bits per heavy atom. The highest BCUT2D eigenvalue weighted by Gasteiger charge is 2.40. The largest absolute Gasteiger partial charge is 0.536 e. The van der Waals surface area contributed by atoms with Gasteiger partial charge in [-0.3, -0.25) is 0 Å². The van der Waals surface area contributed by atoms with Gasteiger partial charge in [-0.15, -0.1) is 0 Å². The lowest BCUT2D eigenvalue weighted by atomic mass is 10.2. The van der Waals surface area contributed by atoms with Crippen molar-refractivity contribution < 1.29 is 13.3 Å². The molecule has 1 rings (SSSR count). The topological polar surface area (TPSA) is 27.7 Å². The minimum Gasteiger partial charge on any atom is -0.373 e. The van der Waals surface area contributed by atoms with Gasteiger partial charge in [0.2, 0.25) is 0 Å². The second-order valence-electron chi connectivity index (χ2n) is 3.60. The van der Waals surface area contributed by atoms with Gasteiger partial charge < -0.3 is 13.3 Å². The average molecular weight is 252 g/mol. The summed E-state index contributed by atoms with van der Waals surface area (Å²) in [5.74, 6) is 0. The van der Waals surface area contributed by atoms with Crippen molar-refractivity contribution in [1.29, 1.82) is 0 Å². The van der Waals surface area contributed by atoms with E-state index in [1.165, 1.54) is 5.56 Å². The van der Waals surface area contributed by atoms with Crippen LogP contribution in [0.25, 0.3) is 6.08 Å². The SMILES string of the molecule is CCC=Cc1ccc([Si](OC)(OC)OC)cc1. The van der Waals surface area contributed by atoms with E-state index in [-0.39, 0.29) is 0 Å². The third-order valence-electron chi connectivity index (χ3n) is 2.62. The van der Waals surface area contributed by atoms with Crippen LogP contribution in [0.2, 0.25) is 0 Å². The molecule has 1 aromatic rings. The monoisotopic (exact) mass is 252 g/mol. The molecule has 0 aliphatic rings.